The molecule has 1 aromatic heterocycles. The number of furan rings is 1. The Balaban J connectivity index is 2.16. The summed E-state index contributed by atoms with van der Waals surface area (Å²) in [7, 11) is 1.61. The van der Waals surface area contributed by atoms with E-state index in [0.29, 0.717) is 6.61 Å². The maximum absolute atomic E-state index is 12.0. The third kappa shape index (κ3) is 3.32. The van der Waals surface area contributed by atoms with Crippen LogP contribution in [0.2, 0.25) is 0 Å². The number of esters is 1. The third-order valence-corrected chi connectivity index (χ3v) is 2.80. The summed E-state index contributed by atoms with van der Waals surface area (Å²) in [6.45, 7) is 2.11. The molecule has 0 saturated heterocycles. The average Bonchev–Trinajstić information content (AvgIpc) is 2.99. The van der Waals surface area contributed by atoms with Crippen molar-refractivity contribution in [3.05, 3.63) is 48.4 Å². The zero-order chi connectivity index (χ0) is 14.4. The third-order valence-electron chi connectivity index (χ3n) is 2.80. The van der Waals surface area contributed by atoms with Crippen molar-refractivity contribution >= 4 is 11.7 Å². The highest BCUT2D eigenvalue weighted by Crippen LogP contribution is 2.23. The van der Waals surface area contributed by atoms with Gasteiger partial charge in [0.2, 0.25) is 0 Å². The van der Waals surface area contributed by atoms with Gasteiger partial charge in [-0.25, -0.2) is 4.79 Å². The first-order valence-corrected chi connectivity index (χ1v) is 6.34. The molecule has 0 amide bonds. The van der Waals surface area contributed by atoms with E-state index in [4.69, 9.17) is 13.9 Å². The molecular formula is C15H17NO4. The van der Waals surface area contributed by atoms with Gasteiger partial charge in [0.1, 0.15) is 5.75 Å². The molecule has 2 rings (SSSR count). The second kappa shape index (κ2) is 6.65. The van der Waals surface area contributed by atoms with Gasteiger partial charge in [-0.1, -0.05) is 0 Å². The van der Waals surface area contributed by atoms with Crippen molar-refractivity contribution in [3.8, 4) is 5.75 Å². The Labute approximate surface area is 117 Å². The van der Waals surface area contributed by atoms with Crippen LogP contribution >= 0.6 is 0 Å². The fourth-order valence-electron chi connectivity index (χ4n) is 1.80. The molecule has 106 valence electrons. The van der Waals surface area contributed by atoms with Crippen molar-refractivity contribution < 1.29 is 18.7 Å². The molecule has 0 radical (unpaired) electrons. The van der Waals surface area contributed by atoms with Crippen LogP contribution in [-0.2, 0) is 9.53 Å². The van der Waals surface area contributed by atoms with Crippen molar-refractivity contribution in [2.75, 3.05) is 19.0 Å². The lowest BCUT2D eigenvalue weighted by molar-refractivity contribution is -0.144. The number of hydrogen-bond donors (Lipinski definition) is 1. The van der Waals surface area contributed by atoms with Crippen LogP contribution in [0.15, 0.2) is 47.3 Å². The fourth-order valence-corrected chi connectivity index (χ4v) is 1.80. The Bertz CT molecular complexity index is 534. The Hall–Kier alpha value is -2.43. The van der Waals surface area contributed by atoms with Gasteiger partial charge in [0, 0.05) is 11.3 Å². The van der Waals surface area contributed by atoms with Gasteiger partial charge >= 0.3 is 5.97 Å². The SMILES string of the molecule is CCOC(=O)[C@@H](Nc1ccc(OC)cc1)c1ccoc1. The van der Waals surface area contributed by atoms with Crippen molar-refractivity contribution in [1.82, 2.24) is 0 Å². The zero-order valence-corrected chi connectivity index (χ0v) is 11.5. The first kappa shape index (κ1) is 14.0. The lowest BCUT2D eigenvalue weighted by Crippen LogP contribution is -2.22. The molecule has 0 aliphatic rings. The normalized spacial score (nSPS) is 11.7. The monoisotopic (exact) mass is 275 g/mol. The molecule has 1 atom stereocenters. The van der Waals surface area contributed by atoms with Crippen LogP contribution in [0.4, 0.5) is 5.69 Å². The average molecular weight is 275 g/mol. The van der Waals surface area contributed by atoms with Gasteiger partial charge in [0.25, 0.3) is 0 Å². The summed E-state index contributed by atoms with van der Waals surface area (Å²) in [5, 5.41) is 3.13. The largest absolute Gasteiger partial charge is 0.497 e. The van der Waals surface area contributed by atoms with Crippen molar-refractivity contribution in [3.63, 3.8) is 0 Å². The van der Waals surface area contributed by atoms with E-state index in [1.54, 1.807) is 20.1 Å². The van der Waals surface area contributed by atoms with Gasteiger partial charge in [-0.3, -0.25) is 0 Å². The highest BCUT2D eigenvalue weighted by atomic mass is 16.5. The maximum Gasteiger partial charge on any atom is 0.333 e. The first-order valence-electron chi connectivity index (χ1n) is 6.34. The number of benzene rings is 1. The van der Waals surface area contributed by atoms with Crippen LogP contribution in [0.25, 0.3) is 0 Å². The van der Waals surface area contributed by atoms with Crippen LogP contribution < -0.4 is 10.1 Å². The number of nitrogens with one attached hydrogen (secondary N) is 1. The van der Waals surface area contributed by atoms with E-state index in [1.807, 2.05) is 24.3 Å². The zero-order valence-electron chi connectivity index (χ0n) is 11.5. The fraction of sp³-hybridized carbons (Fsp3) is 0.267. The molecule has 1 aromatic carbocycles. The van der Waals surface area contributed by atoms with Crippen LogP contribution in [0.5, 0.6) is 5.75 Å². The first-order chi connectivity index (χ1) is 9.74. The van der Waals surface area contributed by atoms with E-state index in [-0.39, 0.29) is 5.97 Å². The van der Waals surface area contributed by atoms with Crippen LogP contribution in [0, 0.1) is 0 Å². The summed E-state index contributed by atoms with van der Waals surface area (Å²) in [6, 6.07) is 8.45. The molecule has 1 N–H and O–H groups in total. The minimum atomic E-state index is -0.595. The standard InChI is InChI=1S/C15H17NO4/c1-3-20-15(17)14(11-8-9-19-10-11)16-12-4-6-13(18-2)7-5-12/h4-10,14,16H,3H2,1-2H3/t14-/m0/s1. The van der Waals surface area contributed by atoms with Crippen molar-refractivity contribution in [2.24, 2.45) is 0 Å². The number of rotatable bonds is 6. The quantitative estimate of drug-likeness (QED) is 0.821. The molecule has 20 heavy (non-hydrogen) atoms. The Morgan fingerprint density at radius 2 is 2.05 bits per heavy atom. The summed E-state index contributed by atoms with van der Waals surface area (Å²) >= 11 is 0. The smallest absolute Gasteiger partial charge is 0.333 e. The summed E-state index contributed by atoms with van der Waals surface area (Å²) in [4.78, 5) is 12.0. The Kier molecular flexibility index (Phi) is 4.65. The number of anilines is 1. The predicted octanol–water partition coefficient (Wildman–Crippen LogP) is 3.00. The van der Waals surface area contributed by atoms with E-state index in [9.17, 15) is 4.79 Å². The Morgan fingerprint density at radius 3 is 2.60 bits per heavy atom. The van der Waals surface area contributed by atoms with Crippen LogP contribution in [0.1, 0.15) is 18.5 Å². The van der Waals surface area contributed by atoms with E-state index in [1.165, 1.54) is 12.5 Å². The van der Waals surface area contributed by atoms with Crippen LogP contribution in [0.3, 0.4) is 0 Å². The minimum Gasteiger partial charge on any atom is -0.497 e. The van der Waals surface area contributed by atoms with Gasteiger partial charge in [-0.05, 0) is 37.3 Å². The van der Waals surface area contributed by atoms with Gasteiger partial charge in [-0.2, -0.15) is 0 Å². The number of methoxy groups -OCH3 is 1. The molecule has 1 heterocycles. The number of carbonyl (C=O) groups excluding carboxylic acids is 1. The molecule has 5 nitrogen and oxygen atoms in total. The molecule has 0 bridgehead atoms. The second-order valence-corrected chi connectivity index (χ2v) is 4.11. The van der Waals surface area contributed by atoms with Gasteiger partial charge in [0.05, 0.1) is 26.2 Å². The molecule has 0 aliphatic carbocycles. The predicted molar refractivity (Wildman–Crippen MR) is 74.7 cm³/mol. The molecule has 5 heteroatoms. The lowest BCUT2D eigenvalue weighted by Gasteiger charge is -2.17. The van der Waals surface area contributed by atoms with Gasteiger partial charge in [-0.15, -0.1) is 0 Å². The Morgan fingerprint density at radius 1 is 1.30 bits per heavy atom. The highest BCUT2D eigenvalue weighted by Gasteiger charge is 2.22. The molecule has 0 spiro atoms. The minimum absolute atomic E-state index is 0.331. The topological polar surface area (TPSA) is 60.7 Å². The van der Waals surface area contributed by atoms with E-state index in [2.05, 4.69) is 5.32 Å². The van der Waals surface area contributed by atoms with Gasteiger partial charge < -0.3 is 19.2 Å². The maximum atomic E-state index is 12.0. The summed E-state index contributed by atoms with van der Waals surface area (Å²) < 4.78 is 15.2. The summed E-state index contributed by atoms with van der Waals surface area (Å²) in [5.41, 5.74) is 1.52. The summed E-state index contributed by atoms with van der Waals surface area (Å²) in [5.74, 6) is 0.413. The molecule has 2 aromatic rings. The molecule has 0 saturated carbocycles. The van der Waals surface area contributed by atoms with Crippen molar-refractivity contribution in [2.45, 2.75) is 13.0 Å². The lowest BCUT2D eigenvalue weighted by atomic mass is 10.1. The van der Waals surface area contributed by atoms with Crippen molar-refractivity contribution in [1.29, 1.82) is 0 Å². The highest BCUT2D eigenvalue weighted by molar-refractivity contribution is 5.81. The number of carbonyl (C=O) groups is 1. The van der Waals surface area contributed by atoms with E-state index in [0.717, 1.165) is 17.0 Å². The molecule has 0 aliphatic heterocycles. The van der Waals surface area contributed by atoms with E-state index >= 15 is 0 Å². The van der Waals surface area contributed by atoms with Gasteiger partial charge in [0.15, 0.2) is 6.04 Å². The number of hydrogen-bond acceptors (Lipinski definition) is 5. The molecular weight excluding hydrogens is 258 g/mol. The van der Waals surface area contributed by atoms with E-state index < -0.39 is 6.04 Å². The molecule has 0 unspecified atom stereocenters. The molecule has 0 fully saturated rings. The second-order valence-electron chi connectivity index (χ2n) is 4.11. The summed E-state index contributed by atoms with van der Waals surface area (Å²) in [6.07, 6.45) is 3.05. The van der Waals surface area contributed by atoms with Crippen LogP contribution in [-0.4, -0.2) is 19.7 Å². The number of ether oxygens (including phenoxy) is 2.